The SMILES string of the molecule is O=C(Nc1cccc(N2CCCNC2=O)c1)c1cc(-c2cccnc2)nc2ccccc12. The van der Waals surface area contributed by atoms with Crippen LogP contribution in [-0.2, 0) is 0 Å². The van der Waals surface area contributed by atoms with E-state index in [0.717, 1.165) is 28.6 Å². The minimum absolute atomic E-state index is 0.124. The van der Waals surface area contributed by atoms with Gasteiger partial charge in [-0.15, -0.1) is 0 Å². The third-order valence-electron chi connectivity index (χ3n) is 5.41. The number of carbonyl (C=O) groups excluding carboxylic acids is 2. The van der Waals surface area contributed by atoms with Gasteiger partial charge < -0.3 is 10.6 Å². The van der Waals surface area contributed by atoms with Crippen LogP contribution in [0.5, 0.6) is 0 Å². The van der Waals surface area contributed by atoms with Crippen molar-refractivity contribution < 1.29 is 9.59 Å². The Morgan fingerprint density at radius 1 is 1.03 bits per heavy atom. The first-order valence-electron chi connectivity index (χ1n) is 10.5. The maximum Gasteiger partial charge on any atom is 0.321 e. The van der Waals surface area contributed by atoms with E-state index in [0.29, 0.717) is 30.0 Å². The topological polar surface area (TPSA) is 87.2 Å². The molecule has 7 heteroatoms. The Labute approximate surface area is 185 Å². The number of pyridine rings is 2. The van der Waals surface area contributed by atoms with Gasteiger partial charge in [-0.3, -0.25) is 14.7 Å². The van der Waals surface area contributed by atoms with Gasteiger partial charge in [0.1, 0.15) is 0 Å². The van der Waals surface area contributed by atoms with Crippen molar-refractivity contribution in [3.8, 4) is 11.3 Å². The number of hydrogen-bond donors (Lipinski definition) is 2. The normalized spacial score (nSPS) is 13.6. The summed E-state index contributed by atoms with van der Waals surface area (Å²) in [6.45, 7) is 1.33. The van der Waals surface area contributed by atoms with Gasteiger partial charge in [-0.1, -0.05) is 24.3 Å². The molecule has 3 heterocycles. The third-order valence-corrected chi connectivity index (χ3v) is 5.41. The zero-order valence-corrected chi connectivity index (χ0v) is 17.3. The van der Waals surface area contributed by atoms with Gasteiger partial charge in [-0.05, 0) is 48.9 Å². The first kappa shape index (κ1) is 19.7. The first-order chi connectivity index (χ1) is 15.7. The fourth-order valence-corrected chi connectivity index (χ4v) is 3.85. The largest absolute Gasteiger partial charge is 0.338 e. The molecule has 158 valence electrons. The molecular formula is C25H21N5O2. The average Bonchev–Trinajstić information content (AvgIpc) is 2.84. The molecule has 0 bridgehead atoms. The number of anilines is 2. The quantitative estimate of drug-likeness (QED) is 0.507. The van der Waals surface area contributed by atoms with Crippen LogP contribution in [0.25, 0.3) is 22.2 Å². The summed E-state index contributed by atoms with van der Waals surface area (Å²) >= 11 is 0. The summed E-state index contributed by atoms with van der Waals surface area (Å²) in [6, 6.07) is 20.3. The number of amides is 3. The summed E-state index contributed by atoms with van der Waals surface area (Å²) in [5.41, 5.74) is 4.14. The van der Waals surface area contributed by atoms with E-state index in [1.165, 1.54) is 0 Å². The Hall–Kier alpha value is -4.26. The number of carbonyl (C=O) groups is 2. The molecule has 1 fully saturated rings. The van der Waals surface area contributed by atoms with Gasteiger partial charge in [0.2, 0.25) is 0 Å². The molecule has 0 unspecified atom stereocenters. The smallest absolute Gasteiger partial charge is 0.321 e. The van der Waals surface area contributed by atoms with Crippen molar-refractivity contribution in [3.63, 3.8) is 0 Å². The van der Waals surface area contributed by atoms with Crippen molar-refractivity contribution in [2.45, 2.75) is 6.42 Å². The van der Waals surface area contributed by atoms with E-state index in [1.54, 1.807) is 23.4 Å². The van der Waals surface area contributed by atoms with Crippen LogP contribution in [0.15, 0.2) is 79.1 Å². The monoisotopic (exact) mass is 423 g/mol. The molecule has 1 aliphatic heterocycles. The number of hydrogen-bond acceptors (Lipinski definition) is 4. The predicted molar refractivity (Wildman–Crippen MR) is 125 cm³/mol. The summed E-state index contributed by atoms with van der Waals surface area (Å²) in [5.74, 6) is -0.242. The average molecular weight is 423 g/mol. The second-order valence-corrected chi connectivity index (χ2v) is 7.56. The van der Waals surface area contributed by atoms with Crippen LogP contribution in [0.1, 0.15) is 16.8 Å². The van der Waals surface area contributed by atoms with Crippen LogP contribution >= 0.6 is 0 Å². The number of urea groups is 1. The second-order valence-electron chi connectivity index (χ2n) is 7.56. The number of rotatable bonds is 4. The molecule has 2 aromatic heterocycles. The van der Waals surface area contributed by atoms with Crippen molar-refractivity contribution in [3.05, 3.63) is 84.7 Å². The maximum absolute atomic E-state index is 13.3. The summed E-state index contributed by atoms with van der Waals surface area (Å²) < 4.78 is 0. The van der Waals surface area contributed by atoms with E-state index in [-0.39, 0.29) is 11.9 Å². The number of benzene rings is 2. The maximum atomic E-state index is 13.3. The summed E-state index contributed by atoms with van der Waals surface area (Å²) in [6.07, 6.45) is 4.31. The molecule has 0 radical (unpaired) electrons. The molecule has 32 heavy (non-hydrogen) atoms. The first-order valence-corrected chi connectivity index (χ1v) is 10.5. The van der Waals surface area contributed by atoms with Gasteiger partial charge in [-0.2, -0.15) is 0 Å². The van der Waals surface area contributed by atoms with Crippen LogP contribution in [0.4, 0.5) is 16.2 Å². The molecule has 2 aromatic carbocycles. The molecule has 7 nitrogen and oxygen atoms in total. The molecule has 5 rings (SSSR count). The van der Waals surface area contributed by atoms with Gasteiger partial charge >= 0.3 is 6.03 Å². The second kappa shape index (κ2) is 8.47. The van der Waals surface area contributed by atoms with Crippen molar-refractivity contribution in [1.29, 1.82) is 0 Å². The lowest BCUT2D eigenvalue weighted by Crippen LogP contribution is -2.46. The number of aromatic nitrogens is 2. The van der Waals surface area contributed by atoms with E-state index < -0.39 is 0 Å². The lowest BCUT2D eigenvalue weighted by Gasteiger charge is -2.27. The van der Waals surface area contributed by atoms with Gasteiger partial charge in [-0.25, -0.2) is 9.78 Å². The van der Waals surface area contributed by atoms with Gasteiger partial charge in [0.05, 0.1) is 16.8 Å². The lowest BCUT2D eigenvalue weighted by atomic mass is 10.0. The summed E-state index contributed by atoms with van der Waals surface area (Å²) in [5, 5.41) is 6.60. The van der Waals surface area contributed by atoms with Crippen LogP contribution in [-0.4, -0.2) is 35.0 Å². The van der Waals surface area contributed by atoms with E-state index in [2.05, 4.69) is 15.6 Å². The predicted octanol–water partition coefficient (Wildman–Crippen LogP) is 4.47. The Morgan fingerprint density at radius 3 is 2.78 bits per heavy atom. The van der Waals surface area contributed by atoms with E-state index in [9.17, 15) is 9.59 Å². The molecule has 0 saturated carbocycles. The molecular weight excluding hydrogens is 402 g/mol. The minimum atomic E-state index is -0.242. The number of nitrogens with zero attached hydrogens (tertiary/aromatic N) is 3. The molecule has 1 saturated heterocycles. The Balaban J connectivity index is 1.49. The molecule has 0 aliphatic carbocycles. The number of nitrogens with one attached hydrogen (secondary N) is 2. The van der Waals surface area contributed by atoms with Crippen LogP contribution in [0.2, 0.25) is 0 Å². The van der Waals surface area contributed by atoms with Crippen molar-refractivity contribution in [2.24, 2.45) is 0 Å². The summed E-state index contributed by atoms with van der Waals surface area (Å²) in [7, 11) is 0. The Kier molecular flexibility index (Phi) is 5.21. The van der Waals surface area contributed by atoms with E-state index >= 15 is 0 Å². The Morgan fingerprint density at radius 2 is 1.94 bits per heavy atom. The molecule has 0 atom stereocenters. The molecule has 2 N–H and O–H groups in total. The highest BCUT2D eigenvalue weighted by molar-refractivity contribution is 6.13. The molecule has 0 spiro atoms. The molecule has 4 aromatic rings. The molecule has 1 aliphatic rings. The third kappa shape index (κ3) is 3.88. The zero-order chi connectivity index (χ0) is 21.9. The van der Waals surface area contributed by atoms with Crippen molar-refractivity contribution >= 4 is 34.2 Å². The molecule has 3 amide bonds. The van der Waals surface area contributed by atoms with Crippen LogP contribution in [0.3, 0.4) is 0 Å². The highest BCUT2D eigenvalue weighted by Gasteiger charge is 2.20. The standard InChI is InChI=1S/C25H21N5O2/c31-24(28-18-7-3-8-19(14-18)30-13-5-12-27-25(30)32)21-15-23(17-6-4-11-26-16-17)29-22-10-2-1-9-20(21)22/h1-4,6-11,14-16H,5,12-13H2,(H,27,32)(H,28,31). The highest BCUT2D eigenvalue weighted by atomic mass is 16.2. The van der Waals surface area contributed by atoms with Gasteiger partial charge in [0, 0.05) is 47.8 Å². The lowest BCUT2D eigenvalue weighted by molar-refractivity contribution is 0.102. The zero-order valence-electron chi connectivity index (χ0n) is 17.3. The van der Waals surface area contributed by atoms with Crippen molar-refractivity contribution in [1.82, 2.24) is 15.3 Å². The fourth-order valence-electron chi connectivity index (χ4n) is 3.85. The van der Waals surface area contributed by atoms with E-state index in [1.807, 2.05) is 60.7 Å². The Bertz CT molecular complexity index is 1310. The van der Waals surface area contributed by atoms with Crippen LogP contribution in [0, 0.1) is 0 Å². The minimum Gasteiger partial charge on any atom is -0.338 e. The summed E-state index contributed by atoms with van der Waals surface area (Å²) in [4.78, 5) is 36.1. The van der Waals surface area contributed by atoms with Crippen molar-refractivity contribution in [2.75, 3.05) is 23.3 Å². The van der Waals surface area contributed by atoms with Gasteiger partial charge in [0.15, 0.2) is 0 Å². The van der Waals surface area contributed by atoms with Gasteiger partial charge in [0.25, 0.3) is 5.91 Å². The highest BCUT2D eigenvalue weighted by Crippen LogP contribution is 2.26. The number of para-hydroxylation sites is 1. The number of fused-ring (bicyclic) bond motifs is 1. The van der Waals surface area contributed by atoms with E-state index in [4.69, 9.17) is 4.98 Å². The fraction of sp³-hybridized carbons (Fsp3) is 0.120. The van der Waals surface area contributed by atoms with Crippen LogP contribution < -0.4 is 15.5 Å².